The van der Waals surface area contributed by atoms with E-state index in [0.717, 1.165) is 0 Å². The van der Waals surface area contributed by atoms with Gasteiger partial charge in [-0.05, 0) is 6.42 Å². The van der Waals surface area contributed by atoms with Crippen molar-refractivity contribution in [2.45, 2.75) is 20.3 Å². The number of amides is 1. The number of ketones is 1. The molecule has 1 rings (SSSR count). The van der Waals surface area contributed by atoms with E-state index in [9.17, 15) is 14.7 Å². The molecule has 0 aromatic heterocycles. The van der Waals surface area contributed by atoms with Crippen molar-refractivity contribution in [3.8, 4) is 0 Å². The highest BCUT2D eigenvalue weighted by molar-refractivity contribution is 6.21. The Hall–Kier alpha value is -1.32. The van der Waals surface area contributed by atoms with Crippen molar-refractivity contribution < 1.29 is 14.7 Å². The van der Waals surface area contributed by atoms with E-state index in [2.05, 4.69) is 0 Å². The molecule has 1 aliphatic heterocycles. The standard InChI is InChI=1S/C10H15NO3/c1-4-6(2)9(13)8-7(12)5-11(3)10(8)14/h6,12H,4-5H2,1-3H3. The zero-order valence-corrected chi connectivity index (χ0v) is 8.70. The van der Waals surface area contributed by atoms with Gasteiger partial charge in [-0.1, -0.05) is 13.8 Å². The number of carbonyl (C=O) groups excluding carboxylic acids is 2. The van der Waals surface area contributed by atoms with Gasteiger partial charge in [0.1, 0.15) is 11.3 Å². The lowest BCUT2D eigenvalue weighted by molar-refractivity contribution is -0.128. The maximum absolute atomic E-state index is 11.7. The molecule has 1 unspecified atom stereocenters. The Labute approximate surface area is 83.2 Å². The Balaban J connectivity index is 2.93. The van der Waals surface area contributed by atoms with Crippen molar-refractivity contribution in [2.24, 2.45) is 5.92 Å². The molecule has 14 heavy (non-hydrogen) atoms. The maximum atomic E-state index is 11.7. The zero-order chi connectivity index (χ0) is 10.9. The molecule has 0 saturated carbocycles. The summed E-state index contributed by atoms with van der Waals surface area (Å²) in [6.45, 7) is 3.79. The largest absolute Gasteiger partial charge is 0.509 e. The normalized spacial score (nSPS) is 19.1. The molecule has 0 bridgehead atoms. The molecule has 1 aliphatic rings. The number of hydrogen-bond acceptors (Lipinski definition) is 3. The first-order chi connectivity index (χ1) is 6.49. The zero-order valence-electron chi connectivity index (χ0n) is 8.70. The highest BCUT2D eigenvalue weighted by Gasteiger charge is 2.34. The average Bonchev–Trinajstić information content (AvgIpc) is 2.39. The van der Waals surface area contributed by atoms with Crippen LogP contribution in [0, 0.1) is 5.92 Å². The summed E-state index contributed by atoms with van der Waals surface area (Å²) in [6.07, 6.45) is 0.673. The van der Waals surface area contributed by atoms with Crippen molar-refractivity contribution in [1.29, 1.82) is 0 Å². The van der Waals surface area contributed by atoms with Crippen LogP contribution in [0.1, 0.15) is 20.3 Å². The second kappa shape index (κ2) is 3.82. The number of hydrogen-bond donors (Lipinski definition) is 1. The van der Waals surface area contributed by atoms with E-state index in [4.69, 9.17) is 0 Å². The van der Waals surface area contributed by atoms with E-state index < -0.39 is 0 Å². The van der Waals surface area contributed by atoms with Crippen LogP contribution in [0.25, 0.3) is 0 Å². The molecule has 1 heterocycles. The molecule has 1 atom stereocenters. The minimum atomic E-state index is -0.368. The van der Waals surface area contributed by atoms with Crippen molar-refractivity contribution >= 4 is 11.7 Å². The van der Waals surface area contributed by atoms with Gasteiger partial charge in [-0.15, -0.1) is 0 Å². The molecule has 0 aromatic carbocycles. The van der Waals surface area contributed by atoms with Crippen molar-refractivity contribution in [3.05, 3.63) is 11.3 Å². The van der Waals surface area contributed by atoms with Gasteiger partial charge in [0.25, 0.3) is 5.91 Å². The lowest BCUT2D eigenvalue weighted by atomic mass is 9.97. The Bertz CT molecular complexity index is 306. The smallest absolute Gasteiger partial charge is 0.261 e. The van der Waals surface area contributed by atoms with Crippen LogP contribution in [0.2, 0.25) is 0 Å². The average molecular weight is 197 g/mol. The molecule has 0 aliphatic carbocycles. The van der Waals surface area contributed by atoms with E-state index in [1.165, 1.54) is 4.90 Å². The monoisotopic (exact) mass is 197 g/mol. The van der Waals surface area contributed by atoms with Gasteiger partial charge in [-0.3, -0.25) is 9.59 Å². The number of carbonyl (C=O) groups is 2. The number of likely N-dealkylation sites (N-methyl/N-ethyl adjacent to an activating group) is 1. The Morgan fingerprint density at radius 1 is 1.64 bits per heavy atom. The van der Waals surface area contributed by atoms with E-state index in [1.54, 1.807) is 14.0 Å². The number of aliphatic hydroxyl groups excluding tert-OH is 1. The molecule has 1 amide bonds. The summed E-state index contributed by atoms with van der Waals surface area (Å²) in [6, 6.07) is 0. The molecule has 4 nitrogen and oxygen atoms in total. The molecular formula is C10H15NO3. The second-order valence-electron chi connectivity index (χ2n) is 3.66. The highest BCUT2D eigenvalue weighted by Crippen LogP contribution is 2.20. The summed E-state index contributed by atoms with van der Waals surface area (Å²) in [5, 5.41) is 9.44. The van der Waals surface area contributed by atoms with Crippen molar-refractivity contribution in [3.63, 3.8) is 0 Å². The minimum Gasteiger partial charge on any atom is -0.509 e. The number of Topliss-reactive ketones (excluding diaryl/α,β-unsaturated/α-hetero) is 1. The fraction of sp³-hybridized carbons (Fsp3) is 0.600. The van der Waals surface area contributed by atoms with Crippen LogP contribution in [0.4, 0.5) is 0 Å². The lowest BCUT2D eigenvalue weighted by Gasteiger charge is -2.09. The third kappa shape index (κ3) is 1.64. The molecule has 0 spiro atoms. The number of rotatable bonds is 3. The predicted molar refractivity (Wildman–Crippen MR) is 51.8 cm³/mol. The molecule has 78 valence electrons. The molecule has 0 saturated heterocycles. The van der Waals surface area contributed by atoms with Gasteiger partial charge in [0, 0.05) is 13.0 Å². The first-order valence-corrected chi connectivity index (χ1v) is 4.70. The van der Waals surface area contributed by atoms with Gasteiger partial charge < -0.3 is 10.0 Å². The summed E-state index contributed by atoms with van der Waals surface area (Å²) in [7, 11) is 1.56. The molecular weight excluding hydrogens is 182 g/mol. The van der Waals surface area contributed by atoms with Gasteiger partial charge in [-0.2, -0.15) is 0 Å². The Kier molecular flexibility index (Phi) is 2.93. The van der Waals surface area contributed by atoms with E-state index in [-0.39, 0.29) is 35.5 Å². The van der Waals surface area contributed by atoms with Crippen LogP contribution >= 0.6 is 0 Å². The summed E-state index contributed by atoms with van der Waals surface area (Å²) in [4.78, 5) is 24.5. The van der Waals surface area contributed by atoms with Crippen LogP contribution in [-0.4, -0.2) is 35.3 Å². The fourth-order valence-corrected chi connectivity index (χ4v) is 1.37. The van der Waals surface area contributed by atoms with E-state index in [1.807, 2.05) is 6.92 Å². The van der Waals surface area contributed by atoms with Gasteiger partial charge in [0.15, 0.2) is 5.78 Å². The van der Waals surface area contributed by atoms with Gasteiger partial charge in [-0.25, -0.2) is 0 Å². The fourth-order valence-electron chi connectivity index (χ4n) is 1.37. The first kappa shape index (κ1) is 10.8. The maximum Gasteiger partial charge on any atom is 0.261 e. The molecule has 4 heteroatoms. The third-order valence-electron chi connectivity index (χ3n) is 2.54. The predicted octanol–water partition coefficient (Wildman–Crippen LogP) is 0.886. The van der Waals surface area contributed by atoms with E-state index >= 15 is 0 Å². The van der Waals surface area contributed by atoms with Crippen molar-refractivity contribution in [2.75, 3.05) is 13.6 Å². The van der Waals surface area contributed by atoms with Crippen LogP contribution in [0.15, 0.2) is 11.3 Å². The topological polar surface area (TPSA) is 57.6 Å². The van der Waals surface area contributed by atoms with Gasteiger partial charge in [0.2, 0.25) is 0 Å². The summed E-state index contributed by atoms with van der Waals surface area (Å²) < 4.78 is 0. The summed E-state index contributed by atoms with van der Waals surface area (Å²) >= 11 is 0. The van der Waals surface area contributed by atoms with Gasteiger partial charge >= 0.3 is 0 Å². The molecule has 1 N–H and O–H groups in total. The Morgan fingerprint density at radius 2 is 2.21 bits per heavy atom. The molecule has 0 fully saturated rings. The minimum absolute atomic E-state index is 0.0261. The Morgan fingerprint density at radius 3 is 2.57 bits per heavy atom. The molecule has 0 radical (unpaired) electrons. The van der Waals surface area contributed by atoms with Crippen LogP contribution < -0.4 is 0 Å². The second-order valence-corrected chi connectivity index (χ2v) is 3.66. The van der Waals surface area contributed by atoms with E-state index in [0.29, 0.717) is 6.42 Å². The quantitative estimate of drug-likeness (QED) is 0.683. The summed E-state index contributed by atoms with van der Waals surface area (Å²) in [5.41, 5.74) is -0.0261. The first-order valence-electron chi connectivity index (χ1n) is 4.70. The number of aliphatic hydroxyl groups is 1. The van der Waals surface area contributed by atoms with Crippen LogP contribution in [0.5, 0.6) is 0 Å². The summed E-state index contributed by atoms with van der Waals surface area (Å²) in [5.74, 6) is -0.919. The SMILES string of the molecule is CCC(C)C(=O)C1=C(O)CN(C)C1=O. The van der Waals surface area contributed by atoms with Crippen LogP contribution in [-0.2, 0) is 9.59 Å². The van der Waals surface area contributed by atoms with Gasteiger partial charge in [0.05, 0.1) is 6.54 Å². The number of nitrogens with zero attached hydrogens (tertiary/aromatic N) is 1. The third-order valence-corrected chi connectivity index (χ3v) is 2.54. The van der Waals surface area contributed by atoms with Crippen molar-refractivity contribution in [1.82, 2.24) is 4.90 Å². The lowest BCUT2D eigenvalue weighted by Crippen LogP contribution is -2.26. The van der Waals surface area contributed by atoms with Crippen LogP contribution in [0.3, 0.4) is 0 Å². The highest BCUT2D eigenvalue weighted by atomic mass is 16.3. The molecule has 0 aromatic rings.